The van der Waals surface area contributed by atoms with Crippen LogP contribution in [0.1, 0.15) is 42.9 Å². The third-order valence-electron chi connectivity index (χ3n) is 6.07. The first-order chi connectivity index (χ1) is 14.4. The molecule has 0 saturated carbocycles. The molecule has 2 amide bonds. The molecule has 0 aliphatic carbocycles. The highest BCUT2D eigenvalue weighted by atomic mass is 16.5. The maximum atomic E-state index is 12.8. The van der Waals surface area contributed by atoms with Gasteiger partial charge in [0.05, 0.1) is 12.0 Å². The van der Waals surface area contributed by atoms with E-state index in [1.165, 1.54) is 11.1 Å². The maximum Gasteiger partial charge on any atom is 0.321 e. The van der Waals surface area contributed by atoms with E-state index < -0.39 is 5.41 Å². The molecule has 3 rings (SSSR count). The van der Waals surface area contributed by atoms with E-state index in [1.807, 2.05) is 51.1 Å². The summed E-state index contributed by atoms with van der Waals surface area (Å²) in [5.74, 6) is -0.129. The number of nitrogens with zero attached hydrogens (tertiary/aromatic N) is 1. The van der Waals surface area contributed by atoms with Crippen LogP contribution in [0.25, 0.3) is 0 Å². The first-order valence-corrected chi connectivity index (χ1v) is 10.8. The van der Waals surface area contributed by atoms with Crippen molar-refractivity contribution in [3.8, 4) is 0 Å². The van der Waals surface area contributed by atoms with Crippen LogP contribution in [0.5, 0.6) is 0 Å². The van der Waals surface area contributed by atoms with E-state index in [2.05, 4.69) is 23.5 Å². The number of esters is 1. The summed E-state index contributed by atoms with van der Waals surface area (Å²) >= 11 is 0. The number of rotatable bonds is 6. The van der Waals surface area contributed by atoms with Crippen molar-refractivity contribution >= 4 is 17.7 Å². The number of anilines is 1. The van der Waals surface area contributed by atoms with Gasteiger partial charge in [0.2, 0.25) is 0 Å². The van der Waals surface area contributed by atoms with Crippen molar-refractivity contribution in [3.05, 3.63) is 65.2 Å². The molecule has 1 aliphatic rings. The Labute approximate surface area is 179 Å². The smallest absolute Gasteiger partial charge is 0.321 e. The lowest BCUT2D eigenvalue weighted by Crippen LogP contribution is -2.48. The van der Waals surface area contributed by atoms with Crippen LogP contribution in [0.15, 0.2) is 48.5 Å². The minimum atomic E-state index is -0.525. The van der Waals surface area contributed by atoms with E-state index in [0.29, 0.717) is 32.5 Å². The van der Waals surface area contributed by atoms with Crippen molar-refractivity contribution in [2.75, 3.05) is 25.0 Å². The molecule has 160 valence electrons. The third kappa shape index (κ3) is 5.21. The fourth-order valence-electron chi connectivity index (χ4n) is 4.15. The van der Waals surface area contributed by atoms with Crippen molar-refractivity contribution in [1.82, 2.24) is 4.90 Å². The van der Waals surface area contributed by atoms with Gasteiger partial charge in [0.15, 0.2) is 0 Å². The Kier molecular flexibility index (Phi) is 7.14. The van der Waals surface area contributed by atoms with Crippen LogP contribution < -0.4 is 5.32 Å². The second-order valence-electron chi connectivity index (χ2n) is 8.22. The topological polar surface area (TPSA) is 58.6 Å². The van der Waals surface area contributed by atoms with Crippen LogP contribution in [-0.4, -0.2) is 36.6 Å². The Hall–Kier alpha value is -2.82. The number of nitrogens with one attached hydrogen (secondary N) is 1. The molecule has 0 aromatic heterocycles. The van der Waals surface area contributed by atoms with Gasteiger partial charge in [0.25, 0.3) is 0 Å². The van der Waals surface area contributed by atoms with Gasteiger partial charge < -0.3 is 15.0 Å². The molecule has 5 nitrogen and oxygen atoms in total. The van der Waals surface area contributed by atoms with Gasteiger partial charge >= 0.3 is 12.0 Å². The standard InChI is InChI=1S/C25H32N2O3/c1-4-30-23(28)25(13-12-21-8-6-5-7-9-21)14-16-27(17-15-25)24(29)26-22-11-10-19(2)18-20(22)3/h5-11,18H,4,12-17H2,1-3H3,(H,26,29). The van der Waals surface area contributed by atoms with E-state index >= 15 is 0 Å². The van der Waals surface area contributed by atoms with Crippen molar-refractivity contribution in [2.24, 2.45) is 5.41 Å². The third-order valence-corrected chi connectivity index (χ3v) is 6.07. The van der Waals surface area contributed by atoms with E-state index in [-0.39, 0.29) is 12.0 Å². The zero-order valence-electron chi connectivity index (χ0n) is 18.2. The Bertz CT molecular complexity index is 871. The summed E-state index contributed by atoms with van der Waals surface area (Å²) < 4.78 is 5.43. The molecule has 1 N–H and O–H groups in total. The van der Waals surface area contributed by atoms with Crippen LogP contribution in [0.2, 0.25) is 0 Å². The Morgan fingerprint density at radius 3 is 2.40 bits per heavy atom. The van der Waals surface area contributed by atoms with E-state index in [4.69, 9.17) is 4.74 Å². The average Bonchev–Trinajstić information content (AvgIpc) is 2.75. The number of hydrogen-bond donors (Lipinski definition) is 1. The predicted molar refractivity (Wildman–Crippen MR) is 120 cm³/mol. The number of carbonyl (C=O) groups is 2. The molecule has 0 spiro atoms. The van der Waals surface area contributed by atoms with Gasteiger partial charge in [-0.3, -0.25) is 4.79 Å². The van der Waals surface area contributed by atoms with Gasteiger partial charge in [0, 0.05) is 18.8 Å². The van der Waals surface area contributed by atoms with Crippen molar-refractivity contribution < 1.29 is 14.3 Å². The van der Waals surface area contributed by atoms with Crippen LogP contribution in [0, 0.1) is 19.3 Å². The second-order valence-corrected chi connectivity index (χ2v) is 8.22. The average molecular weight is 409 g/mol. The monoisotopic (exact) mass is 408 g/mol. The minimum Gasteiger partial charge on any atom is -0.466 e. The summed E-state index contributed by atoms with van der Waals surface area (Å²) in [6.45, 7) is 7.34. The van der Waals surface area contributed by atoms with Crippen LogP contribution >= 0.6 is 0 Å². The molecule has 0 unspecified atom stereocenters. The fraction of sp³-hybridized carbons (Fsp3) is 0.440. The first kappa shape index (κ1) is 21.9. The molecule has 1 heterocycles. The predicted octanol–water partition coefficient (Wildman–Crippen LogP) is 5.11. The molecule has 0 radical (unpaired) electrons. The van der Waals surface area contributed by atoms with Gasteiger partial charge in [0.1, 0.15) is 0 Å². The minimum absolute atomic E-state index is 0.109. The zero-order chi connectivity index (χ0) is 21.6. The number of amides is 2. The molecule has 0 atom stereocenters. The number of carbonyl (C=O) groups excluding carboxylic acids is 2. The van der Waals surface area contributed by atoms with Crippen LogP contribution in [-0.2, 0) is 16.0 Å². The lowest BCUT2D eigenvalue weighted by molar-refractivity contribution is -0.158. The second kappa shape index (κ2) is 9.79. The summed E-state index contributed by atoms with van der Waals surface area (Å²) in [5, 5.41) is 3.02. The van der Waals surface area contributed by atoms with Crippen molar-refractivity contribution in [1.29, 1.82) is 0 Å². The molecule has 1 aliphatic heterocycles. The van der Waals surface area contributed by atoms with Crippen molar-refractivity contribution in [2.45, 2.75) is 46.5 Å². The highest BCUT2D eigenvalue weighted by Crippen LogP contribution is 2.38. The molecule has 2 aromatic rings. The fourth-order valence-corrected chi connectivity index (χ4v) is 4.15. The number of hydrogen-bond acceptors (Lipinski definition) is 3. The molecule has 1 saturated heterocycles. The maximum absolute atomic E-state index is 12.8. The molecule has 0 bridgehead atoms. The first-order valence-electron chi connectivity index (χ1n) is 10.8. The molecular weight excluding hydrogens is 376 g/mol. The van der Waals surface area contributed by atoms with Gasteiger partial charge in [-0.2, -0.15) is 0 Å². The lowest BCUT2D eigenvalue weighted by atomic mass is 9.74. The lowest BCUT2D eigenvalue weighted by Gasteiger charge is -2.40. The molecule has 1 fully saturated rings. The Balaban J connectivity index is 1.64. The number of benzene rings is 2. The summed E-state index contributed by atoms with van der Waals surface area (Å²) in [6.07, 6.45) is 2.81. The van der Waals surface area contributed by atoms with Gasteiger partial charge in [-0.25, -0.2) is 4.79 Å². The summed E-state index contributed by atoms with van der Waals surface area (Å²) in [6, 6.07) is 16.1. The molecule has 2 aromatic carbocycles. The number of piperidine rings is 1. The van der Waals surface area contributed by atoms with Crippen LogP contribution in [0.4, 0.5) is 10.5 Å². The Morgan fingerprint density at radius 1 is 1.07 bits per heavy atom. The zero-order valence-corrected chi connectivity index (χ0v) is 18.2. The number of likely N-dealkylation sites (tertiary alicyclic amines) is 1. The number of urea groups is 1. The normalized spacial score (nSPS) is 15.5. The van der Waals surface area contributed by atoms with E-state index in [0.717, 1.165) is 24.1 Å². The largest absolute Gasteiger partial charge is 0.466 e. The van der Waals surface area contributed by atoms with E-state index in [9.17, 15) is 9.59 Å². The van der Waals surface area contributed by atoms with Gasteiger partial charge in [-0.05, 0) is 63.6 Å². The summed E-state index contributed by atoms with van der Waals surface area (Å²) in [5.41, 5.74) is 3.74. The highest BCUT2D eigenvalue weighted by molar-refractivity contribution is 5.90. The Morgan fingerprint density at radius 2 is 1.77 bits per heavy atom. The molecule has 5 heteroatoms. The highest BCUT2D eigenvalue weighted by Gasteiger charge is 2.43. The van der Waals surface area contributed by atoms with Gasteiger partial charge in [-0.1, -0.05) is 48.0 Å². The SMILES string of the molecule is CCOC(=O)C1(CCc2ccccc2)CCN(C(=O)Nc2ccc(C)cc2C)CC1. The number of aryl methyl sites for hydroxylation is 3. The van der Waals surface area contributed by atoms with Crippen molar-refractivity contribution in [3.63, 3.8) is 0 Å². The quantitative estimate of drug-likeness (QED) is 0.676. The summed E-state index contributed by atoms with van der Waals surface area (Å²) in [4.78, 5) is 27.4. The van der Waals surface area contributed by atoms with E-state index in [1.54, 1.807) is 4.90 Å². The molecule has 30 heavy (non-hydrogen) atoms. The molecular formula is C25H32N2O3. The van der Waals surface area contributed by atoms with Gasteiger partial charge in [-0.15, -0.1) is 0 Å². The van der Waals surface area contributed by atoms with Crippen LogP contribution in [0.3, 0.4) is 0 Å². The number of ether oxygens (including phenoxy) is 1. The summed E-state index contributed by atoms with van der Waals surface area (Å²) in [7, 11) is 0.